The van der Waals surface area contributed by atoms with E-state index in [0.29, 0.717) is 6.61 Å². The summed E-state index contributed by atoms with van der Waals surface area (Å²) in [4.78, 5) is 4.75. The van der Waals surface area contributed by atoms with Crippen LogP contribution in [-0.2, 0) is 10.2 Å². The lowest BCUT2D eigenvalue weighted by atomic mass is 9.95. The van der Waals surface area contributed by atoms with Crippen molar-refractivity contribution in [2.75, 3.05) is 40.5 Å². The van der Waals surface area contributed by atoms with E-state index in [1.165, 1.54) is 5.56 Å². The predicted octanol–water partition coefficient (Wildman–Crippen LogP) is 1.93. The minimum absolute atomic E-state index is 0.135. The first-order chi connectivity index (χ1) is 10.8. The van der Waals surface area contributed by atoms with Crippen LogP contribution in [0.25, 0.3) is 0 Å². The van der Waals surface area contributed by atoms with Gasteiger partial charge in [-0.15, -0.1) is 0 Å². The van der Waals surface area contributed by atoms with Crippen LogP contribution in [-0.4, -0.2) is 46.4 Å². The molecule has 0 bridgehead atoms. The average molecular weight is 305 g/mol. The maximum Gasteiger partial charge on any atom is 0.191 e. The Kier molecular flexibility index (Phi) is 6.07. The molecule has 0 atom stereocenters. The van der Waals surface area contributed by atoms with Gasteiger partial charge in [-0.25, -0.2) is 0 Å². The second kappa shape index (κ2) is 8.03. The molecule has 1 fully saturated rings. The fourth-order valence-corrected chi connectivity index (χ4v) is 2.59. The molecule has 0 aromatic heterocycles. The third kappa shape index (κ3) is 4.13. The smallest absolute Gasteiger partial charge is 0.191 e. The van der Waals surface area contributed by atoms with E-state index in [0.717, 1.165) is 44.2 Å². The molecule has 1 aromatic rings. The molecule has 1 aromatic carbocycles. The topological polar surface area (TPSA) is 54.9 Å². The van der Waals surface area contributed by atoms with Gasteiger partial charge < -0.3 is 20.1 Å². The zero-order valence-electron chi connectivity index (χ0n) is 13.8. The number of ether oxygens (including phenoxy) is 2. The first kappa shape index (κ1) is 16.6. The largest absolute Gasteiger partial charge is 0.496 e. The number of para-hydroxylation sites is 1. The van der Waals surface area contributed by atoms with Gasteiger partial charge in [0.15, 0.2) is 5.96 Å². The molecule has 0 amide bonds. The van der Waals surface area contributed by atoms with Gasteiger partial charge in [0.1, 0.15) is 5.75 Å². The van der Waals surface area contributed by atoms with Gasteiger partial charge in [0.05, 0.1) is 20.3 Å². The minimum atomic E-state index is 0.135. The standard InChI is InChI=1S/C17H27N3O2/c1-4-18-16(19-11-12-21-2)20-13-17(9-10-17)14-7-5-6-8-15(14)22-3/h5-8H,4,9-13H2,1-3H3,(H2,18,19,20). The van der Waals surface area contributed by atoms with Crippen molar-refractivity contribution in [1.82, 2.24) is 10.6 Å². The van der Waals surface area contributed by atoms with E-state index < -0.39 is 0 Å². The summed E-state index contributed by atoms with van der Waals surface area (Å²) in [6.07, 6.45) is 2.32. The molecule has 0 spiro atoms. The summed E-state index contributed by atoms with van der Waals surface area (Å²) in [5.74, 6) is 1.81. The van der Waals surface area contributed by atoms with Crippen molar-refractivity contribution < 1.29 is 9.47 Å². The van der Waals surface area contributed by atoms with E-state index >= 15 is 0 Å². The highest BCUT2D eigenvalue weighted by Gasteiger charge is 2.46. The summed E-state index contributed by atoms with van der Waals surface area (Å²) in [5, 5.41) is 6.56. The lowest BCUT2D eigenvalue weighted by Crippen LogP contribution is -2.39. The normalized spacial score (nSPS) is 16.2. The second-order valence-electron chi connectivity index (χ2n) is 5.60. The molecule has 22 heavy (non-hydrogen) atoms. The van der Waals surface area contributed by atoms with Crippen molar-refractivity contribution in [3.8, 4) is 5.75 Å². The molecule has 5 heteroatoms. The van der Waals surface area contributed by atoms with E-state index in [9.17, 15) is 0 Å². The number of rotatable bonds is 8. The van der Waals surface area contributed by atoms with Crippen LogP contribution in [0.15, 0.2) is 29.3 Å². The van der Waals surface area contributed by atoms with Crippen molar-refractivity contribution in [1.29, 1.82) is 0 Å². The van der Waals surface area contributed by atoms with Gasteiger partial charge in [-0.2, -0.15) is 0 Å². The average Bonchev–Trinajstić information content (AvgIpc) is 3.34. The SMILES string of the molecule is CCNC(=NCC1(c2ccccc2OC)CC1)NCCOC. The fraction of sp³-hybridized carbons (Fsp3) is 0.588. The Labute approximate surface area is 133 Å². The molecule has 0 radical (unpaired) electrons. The molecule has 0 heterocycles. The summed E-state index contributed by atoms with van der Waals surface area (Å²) in [5.41, 5.74) is 1.41. The maximum absolute atomic E-state index is 5.51. The molecule has 0 saturated heterocycles. The fourth-order valence-electron chi connectivity index (χ4n) is 2.59. The van der Waals surface area contributed by atoms with Crippen LogP contribution in [0.4, 0.5) is 0 Å². The van der Waals surface area contributed by atoms with Crippen LogP contribution in [0.3, 0.4) is 0 Å². The van der Waals surface area contributed by atoms with Gasteiger partial charge in [-0.1, -0.05) is 18.2 Å². The number of hydrogen-bond acceptors (Lipinski definition) is 3. The monoisotopic (exact) mass is 305 g/mol. The van der Waals surface area contributed by atoms with E-state index in [1.807, 2.05) is 12.1 Å². The molecule has 1 aliphatic rings. The Bertz CT molecular complexity index is 498. The molecule has 122 valence electrons. The summed E-state index contributed by atoms with van der Waals surface area (Å²) in [6.45, 7) is 5.11. The Morgan fingerprint density at radius 1 is 1.23 bits per heavy atom. The Hall–Kier alpha value is -1.75. The quantitative estimate of drug-likeness (QED) is 0.438. The van der Waals surface area contributed by atoms with Gasteiger partial charge in [-0.3, -0.25) is 4.99 Å². The molecule has 5 nitrogen and oxygen atoms in total. The van der Waals surface area contributed by atoms with Gasteiger partial charge in [-0.05, 0) is 25.8 Å². The Balaban J connectivity index is 2.05. The van der Waals surface area contributed by atoms with Crippen molar-refractivity contribution in [2.45, 2.75) is 25.2 Å². The van der Waals surface area contributed by atoms with Gasteiger partial charge in [0.2, 0.25) is 0 Å². The van der Waals surface area contributed by atoms with Crippen LogP contribution in [0, 0.1) is 0 Å². The second-order valence-corrected chi connectivity index (χ2v) is 5.60. The molecule has 0 unspecified atom stereocenters. The summed E-state index contributed by atoms with van der Waals surface area (Å²) in [6, 6.07) is 8.27. The highest BCUT2D eigenvalue weighted by atomic mass is 16.5. The zero-order chi connectivity index (χ0) is 15.8. The number of aliphatic imine (C=N–C) groups is 1. The molecule has 2 N–H and O–H groups in total. The number of methoxy groups -OCH3 is 2. The Morgan fingerprint density at radius 2 is 2.00 bits per heavy atom. The van der Waals surface area contributed by atoms with Gasteiger partial charge in [0, 0.05) is 31.2 Å². The number of hydrogen-bond donors (Lipinski definition) is 2. The zero-order valence-corrected chi connectivity index (χ0v) is 13.8. The molecule has 2 rings (SSSR count). The molecular formula is C17H27N3O2. The van der Waals surface area contributed by atoms with Crippen LogP contribution < -0.4 is 15.4 Å². The number of guanidine groups is 1. The van der Waals surface area contributed by atoms with Crippen LogP contribution in [0.2, 0.25) is 0 Å². The highest BCUT2D eigenvalue weighted by molar-refractivity contribution is 5.79. The van der Waals surface area contributed by atoms with Crippen molar-refractivity contribution >= 4 is 5.96 Å². The van der Waals surface area contributed by atoms with Crippen molar-refractivity contribution in [3.05, 3.63) is 29.8 Å². The lowest BCUT2D eigenvalue weighted by molar-refractivity contribution is 0.203. The van der Waals surface area contributed by atoms with Crippen molar-refractivity contribution in [2.24, 2.45) is 4.99 Å². The number of benzene rings is 1. The van der Waals surface area contributed by atoms with E-state index in [1.54, 1.807) is 14.2 Å². The number of nitrogens with zero attached hydrogens (tertiary/aromatic N) is 1. The first-order valence-corrected chi connectivity index (χ1v) is 7.90. The molecule has 1 saturated carbocycles. The first-order valence-electron chi connectivity index (χ1n) is 7.90. The third-order valence-electron chi connectivity index (χ3n) is 4.01. The molecule has 1 aliphatic carbocycles. The summed E-state index contributed by atoms with van der Waals surface area (Å²) < 4.78 is 10.6. The Morgan fingerprint density at radius 3 is 2.64 bits per heavy atom. The third-order valence-corrected chi connectivity index (χ3v) is 4.01. The molecular weight excluding hydrogens is 278 g/mol. The maximum atomic E-state index is 5.51. The van der Waals surface area contributed by atoms with Crippen LogP contribution in [0.5, 0.6) is 5.75 Å². The van der Waals surface area contributed by atoms with Crippen LogP contribution >= 0.6 is 0 Å². The van der Waals surface area contributed by atoms with E-state index in [2.05, 4.69) is 29.7 Å². The lowest BCUT2D eigenvalue weighted by Gasteiger charge is -2.18. The summed E-state index contributed by atoms with van der Waals surface area (Å²) >= 11 is 0. The summed E-state index contributed by atoms with van der Waals surface area (Å²) in [7, 11) is 3.43. The van der Waals surface area contributed by atoms with Gasteiger partial charge in [0.25, 0.3) is 0 Å². The number of nitrogens with one attached hydrogen (secondary N) is 2. The van der Waals surface area contributed by atoms with E-state index in [-0.39, 0.29) is 5.41 Å². The van der Waals surface area contributed by atoms with Crippen molar-refractivity contribution in [3.63, 3.8) is 0 Å². The van der Waals surface area contributed by atoms with Gasteiger partial charge >= 0.3 is 0 Å². The molecule has 0 aliphatic heterocycles. The van der Waals surface area contributed by atoms with E-state index in [4.69, 9.17) is 14.5 Å². The minimum Gasteiger partial charge on any atom is -0.496 e. The van der Waals surface area contributed by atoms with Crippen LogP contribution in [0.1, 0.15) is 25.3 Å². The highest BCUT2D eigenvalue weighted by Crippen LogP contribution is 2.51. The predicted molar refractivity (Wildman–Crippen MR) is 89.8 cm³/mol.